The van der Waals surface area contributed by atoms with E-state index in [1.807, 2.05) is 0 Å². The van der Waals surface area contributed by atoms with Crippen LogP contribution in [0, 0.1) is 0 Å². The Morgan fingerprint density at radius 1 is 1.33 bits per heavy atom. The van der Waals surface area contributed by atoms with E-state index in [2.05, 4.69) is 4.98 Å². The number of rotatable bonds is 4. The quantitative estimate of drug-likeness (QED) is 0.751. The predicted molar refractivity (Wildman–Crippen MR) is 75.8 cm³/mol. The summed E-state index contributed by atoms with van der Waals surface area (Å²) in [6.07, 6.45) is 1.27. The molecular formula is C14H15N3O4. The number of methoxy groups -OCH3 is 1. The Kier molecular flexibility index (Phi) is 4.02. The van der Waals surface area contributed by atoms with E-state index in [1.165, 1.54) is 31.8 Å². The highest BCUT2D eigenvalue weighted by molar-refractivity contribution is 5.93. The van der Waals surface area contributed by atoms with E-state index in [9.17, 15) is 14.4 Å². The summed E-state index contributed by atoms with van der Waals surface area (Å²) in [5.41, 5.74) is -0.540. The van der Waals surface area contributed by atoms with Crippen LogP contribution in [0.3, 0.4) is 0 Å². The minimum atomic E-state index is -0.595. The molecule has 2 aromatic heterocycles. The third kappa shape index (κ3) is 2.91. The molecule has 110 valence electrons. The van der Waals surface area contributed by atoms with Gasteiger partial charge >= 0.3 is 5.69 Å². The van der Waals surface area contributed by atoms with Crippen molar-refractivity contribution in [3.63, 3.8) is 0 Å². The minimum absolute atomic E-state index is 0.0278. The lowest BCUT2D eigenvalue weighted by Crippen LogP contribution is -2.40. The number of aromatic nitrogens is 3. The monoisotopic (exact) mass is 289 g/mol. The Labute approximate surface area is 120 Å². The molecule has 0 amide bonds. The zero-order valence-corrected chi connectivity index (χ0v) is 12.0. The predicted octanol–water partition coefficient (Wildman–Crippen LogP) is 0.201. The van der Waals surface area contributed by atoms with Crippen molar-refractivity contribution in [1.29, 1.82) is 0 Å². The van der Waals surface area contributed by atoms with Crippen molar-refractivity contribution in [3.8, 4) is 5.88 Å². The summed E-state index contributed by atoms with van der Waals surface area (Å²) in [5.74, 6) is 0.0418. The Morgan fingerprint density at radius 3 is 2.67 bits per heavy atom. The first-order chi connectivity index (χ1) is 9.93. The fourth-order valence-electron chi connectivity index (χ4n) is 1.92. The van der Waals surface area contributed by atoms with Gasteiger partial charge in [0.2, 0.25) is 5.88 Å². The van der Waals surface area contributed by atoms with E-state index in [0.717, 1.165) is 4.57 Å². The summed E-state index contributed by atoms with van der Waals surface area (Å²) in [4.78, 5) is 39.6. The summed E-state index contributed by atoms with van der Waals surface area (Å²) in [6, 6.07) is 5.17. The van der Waals surface area contributed by atoms with Gasteiger partial charge in [-0.1, -0.05) is 6.07 Å². The summed E-state index contributed by atoms with van der Waals surface area (Å²) in [7, 11) is 2.84. The molecule has 0 radical (unpaired) electrons. The number of ether oxygens (including phenoxy) is 1. The average Bonchev–Trinajstić information content (AvgIpc) is 2.47. The van der Waals surface area contributed by atoms with Crippen molar-refractivity contribution < 1.29 is 9.53 Å². The number of nitrogens with zero attached hydrogens (tertiary/aromatic N) is 3. The number of Topliss-reactive ketones (excluding diaryl/α,β-unsaturated/α-hetero) is 1. The maximum atomic E-state index is 12.1. The third-order valence-electron chi connectivity index (χ3n) is 3.05. The molecule has 7 heteroatoms. The molecule has 0 unspecified atom stereocenters. The molecule has 0 fully saturated rings. The number of ketones is 1. The van der Waals surface area contributed by atoms with E-state index in [0.29, 0.717) is 11.6 Å². The second-order valence-electron chi connectivity index (χ2n) is 4.54. The molecule has 0 N–H and O–H groups in total. The topological polar surface area (TPSA) is 83.2 Å². The lowest BCUT2D eigenvalue weighted by molar-refractivity contribution is 0.101. The molecule has 0 aliphatic rings. The van der Waals surface area contributed by atoms with Gasteiger partial charge in [0.1, 0.15) is 0 Å². The number of carbonyl (C=O) groups is 1. The molecule has 0 aliphatic heterocycles. The van der Waals surface area contributed by atoms with Gasteiger partial charge in [0.25, 0.3) is 5.56 Å². The third-order valence-corrected chi connectivity index (χ3v) is 3.05. The average molecular weight is 289 g/mol. The van der Waals surface area contributed by atoms with Crippen LogP contribution in [0.5, 0.6) is 5.88 Å². The fraction of sp³-hybridized carbons (Fsp3) is 0.286. The van der Waals surface area contributed by atoms with Crippen LogP contribution < -0.4 is 16.0 Å². The lowest BCUT2D eigenvalue weighted by Gasteiger charge is -2.09. The molecule has 0 saturated carbocycles. The first-order valence-corrected chi connectivity index (χ1v) is 6.25. The molecule has 2 heterocycles. The molecule has 0 saturated heterocycles. The van der Waals surface area contributed by atoms with Gasteiger partial charge in [-0.25, -0.2) is 9.78 Å². The van der Waals surface area contributed by atoms with Crippen LogP contribution in [-0.4, -0.2) is 27.0 Å². The fourth-order valence-corrected chi connectivity index (χ4v) is 1.92. The molecule has 0 aliphatic carbocycles. The van der Waals surface area contributed by atoms with E-state index < -0.39 is 11.2 Å². The Hall–Kier alpha value is -2.70. The summed E-state index contributed by atoms with van der Waals surface area (Å²) in [6.45, 7) is 1.43. The van der Waals surface area contributed by atoms with Crippen LogP contribution in [0.1, 0.15) is 23.0 Å². The van der Waals surface area contributed by atoms with Gasteiger partial charge in [0.05, 0.1) is 24.9 Å². The molecule has 7 nitrogen and oxygen atoms in total. The van der Waals surface area contributed by atoms with Crippen LogP contribution in [0.2, 0.25) is 0 Å². The molecule has 0 spiro atoms. The van der Waals surface area contributed by atoms with E-state index in [4.69, 9.17) is 4.74 Å². The van der Waals surface area contributed by atoms with Crippen LogP contribution >= 0.6 is 0 Å². The Balaban J connectivity index is 2.51. The van der Waals surface area contributed by atoms with Crippen molar-refractivity contribution in [3.05, 3.63) is 56.5 Å². The standard InChI is InChI=1S/C14H15N3O4/c1-9(18)11-8-17(14(20)16(2)13(11)19)7-10-5-4-6-12(15-10)21-3/h4-6,8H,7H2,1-3H3. The zero-order valence-electron chi connectivity index (χ0n) is 12.0. The SMILES string of the molecule is COc1cccc(Cn2cc(C(C)=O)c(=O)n(C)c2=O)n1. The smallest absolute Gasteiger partial charge is 0.331 e. The molecule has 0 bridgehead atoms. The van der Waals surface area contributed by atoms with Gasteiger partial charge in [-0.15, -0.1) is 0 Å². The number of carbonyl (C=O) groups excluding carboxylic acids is 1. The van der Waals surface area contributed by atoms with E-state index >= 15 is 0 Å². The summed E-state index contributed by atoms with van der Waals surface area (Å²) >= 11 is 0. The van der Waals surface area contributed by atoms with Gasteiger partial charge < -0.3 is 4.74 Å². The number of pyridine rings is 1. The summed E-state index contributed by atoms with van der Waals surface area (Å²) in [5, 5.41) is 0. The van der Waals surface area contributed by atoms with Crippen molar-refractivity contribution in [2.24, 2.45) is 7.05 Å². The maximum Gasteiger partial charge on any atom is 0.331 e. The van der Waals surface area contributed by atoms with Crippen molar-refractivity contribution in [2.75, 3.05) is 7.11 Å². The molecule has 21 heavy (non-hydrogen) atoms. The highest BCUT2D eigenvalue weighted by Crippen LogP contribution is 2.07. The summed E-state index contributed by atoms with van der Waals surface area (Å²) < 4.78 is 7.21. The van der Waals surface area contributed by atoms with Crippen LogP contribution in [0.15, 0.2) is 34.0 Å². The minimum Gasteiger partial charge on any atom is -0.481 e. The highest BCUT2D eigenvalue weighted by atomic mass is 16.5. The van der Waals surface area contributed by atoms with Crippen molar-refractivity contribution in [2.45, 2.75) is 13.5 Å². The van der Waals surface area contributed by atoms with Crippen molar-refractivity contribution in [1.82, 2.24) is 14.1 Å². The van der Waals surface area contributed by atoms with Gasteiger partial charge in [-0.05, 0) is 13.0 Å². The van der Waals surface area contributed by atoms with Gasteiger partial charge in [0, 0.05) is 19.3 Å². The van der Waals surface area contributed by atoms with Crippen LogP contribution in [0.25, 0.3) is 0 Å². The van der Waals surface area contributed by atoms with Crippen LogP contribution in [0.4, 0.5) is 0 Å². The Morgan fingerprint density at radius 2 is 2.05 bits per heavy atom. The zero-order chi connectivity index (χ0) is 15.6. The van der Waals surface area contributed by atoms with E-state index in [-0.39, 0.29) is 17.9 Å². The van der Waals surface area contributed by atoms with Gasteiger partial charge in [-0.2, -0.15) is 0 Å². The van der Waals surface area contributed by atoms with Gasteiger partial charge in [-0.3, -0.25) is 18.7 Å². The largest absolute Gasteiger partial charge is 0.481 e. The van der Waals surface area contributed by atoms with E-state index in [1.54, 1.807) is 18.2 Å². The second-order valence-corrected chi connectivity index (χ2v) is 4.54. The molecule has 2 rings (SSSR count). The van der Waals surface area contributed by atoms with Crippen LogP contribution in [-0.2, 0) is 13.6 Å². The number of hydrogen-bond donors (Lipinski definition) is 0. The first-order valence-electron chi connectivity index (χ1n) is 6.25. The maximum absolute atomic E-state index is 12.1. The second kappa shape index (κ2) is 5.74. The highest BCUT2D eigenvalue weighted by Gasteiger charge is 2.12. The van der Waals surface area contributed by atoms with Gasteiger partial charge in [0.15, 0.2) is 5.78 Å². The Bertz CT molecular complexity index is 805. The molecule has 2 aromatic rings. The molecule has 0 atom stereocenters. The first kappa shape index (κ1) is 14.7. The number of hydrogen-bond acceptors (Lipinski definition) is 5. The molecule has 0 aromatic carbocycles. The van der Waals surface area contributed by atoms with Crippen molar-refractivity contribution >= 4 is 5.78 Å². The lowest BCUT2D eigenvalue weighted by atomic mass is 10.2. The normalized spacial score (nSPS) is 10.4. The molecular weight excluding hydrogens is 274 g/mol.